The number of rotatable bonds is 4. The van der Waals surface area contributed by atoms with Crippen LogP contribution in [0.4, 0.5) is 0 Å². The molecule has 0 amide bonds. The summed E-state index contributed by atoms with van der Waals surface area (Å²) in [6.45, 7) is 4.62. The summed E-state index contributed by atoms with van der Waals surface area (Å²) in [7, 11) is 0. The van der Waals surface area contributed by atoms with Crippen LogP contribution in [0.25, 0.3) is 11.1 Å². The van der Waals surface area contributed by atoms with Crippen molar-refractivity contribution >= 4 is 0 Å². The lowest BCUT2D eigenvalue weighted by molar-refractivity contribution is 0.103. The standard InChI is InChI=1S/C23H30N2/c1-3-7-19(8-4-1)20-11-13-22(14-12-20)23(21-9-5-2-6-10-21)25-17-15-24-16-18-25/h1,3-4,7-8,11-14,21,23-24H,2,5-6,9-10,15-18H2/t23-/m0/s1. The lowest BCUT2D eigenvalue weighted by Crippen LogP contribution is -2.47. The van der Waals surface area contributed by atoms with Crippen molar-refractivity contribution in [3.8, 4) is 11.1 Å². The van der Waals surface area contributed by atoms with Gasteiger partial charge >= 0.3 is 0 Å². The average Bonchev–Trinajstić information content (AvgIpc) is 2.71. The number of nitrogens with one attached hydrogen (secondary N) is 1. The minimum absolute atomic E-state index is 0.604. The Bertz CT molecular complexity index is 620. The van der Waals surface area contributed by atoms with Crippen LogP contribution < -0.4 is 5.32 Å². The maximum Gasteiger partial charge on any atom is 0.0377 e. The summed E-state index contributed by atoms with van der Waals surface area (Å²) in [6, 6.07) is 20.8. The molecule has 2 nitrogen and oxygen atoms in total. The van der Waals surface area contributed by atoms with E-state index in [2.05, 4.69) is 64.8 Å². The number of benzene rings is 2. The molecular weight excluding hydrogens is 304 g/mol. The molecule has 0 spiro atoms. The Morgan fingerprint density at radius 1 is 0.760 bits per heavy atom. The molecule has 2 fully saturated rings. The fraction of sp³-hybridized carbons (Fsp3) is 0.478. The smallest absolute Gasteiger partial charge is 0.0377 e. The van der Waals surface area contributed by atoms with Crippen molar-refractivity contribution in [2.45, 2.75) is 38.1 Å². The molecule has 1 heterocycles. The first-order chi connectivity index (χ1) is 12.4. The predicted octanol–water partition coefficient (Wildman–Crippen LogP) is 4.88. The molecule has 1 atom stereocenters. The molecule has 0 bridgehead atoms. The van der Waals surface area contributed by atoms with Crippen LogP contribution in [0.15, 0.2) is 54.6 Å². The molecule has 0 unspecified atom stereocenters. The predicted molar refractivity (Wildman–Crippen MR) is 106 cm³/mol. The van der Waals surface area contributed by atoms with Gasteiger partial charge in [0, 0.05) is 32.2 Å². The van der Waals surface area contributed by atoms with E-state index in [1.807, 2.05) is 0 Å². The van der Waals surface area contributed by atoms with Gasteiger partial charge in [0.2, 0.25) is 0 Å². The third kappa shape index (κ3) is 3.96. The number of hydrogen-bond donors (Lipinski definition) is 1. The number of nitrogens with zero attached hydrogens (tertiary/aromatic N) is 1. The second kappa shape index (κ2) is 8.16. The second-order valence-electron chi connectivity index (χ2n) is 7.62. The maximum atomic E-state index is 3.51. The lowest BCUT2D eigenvalue weighted by Gasteiger charge is -2.41. The zero-order valence-electron chi connectivity index (χ0n) is 15.2. The van der Waals surface area contributed by atoms with Crippen molar-refractivity contribution in [1.29, 1.82) is 0 Å². The first-order valence-electron chi connectivity index (χ1n) is 10.0. The van der Waals surface area contributed by atoms with E-state index in [1.165, 1.54) is 61.9 Å². The molecule has 132 valence electrons. The monoisotopic (exact) mass is 334 g/mol. The van der Waals surface area contributed by atoms with Gasteiger partial charge in [-0.1, -0.05) is 73.9 Å². The molecule has 1 saturated heterocycles. The van der Waals surface area contributed by atoms with Gasteiger partial charge in [-0.2, -0.15) is 0 Å². The molecule has 2 aromatic rings. The Morgan fingerprint density at radius 2 is 1.40 bits per heavy atom. The summed E-state index contributed by atoms with van der Waals surface area (Å²) in [4.78, 5) is 2.74. The molecule has 1 aliphatic carbocycles. The minimum atomic E-state index is 0.604. The van der Waals surface area contributed by atoms with Gasteiger partial charge in [0.15, 0.2) is 0 Å². The largest absolute Gasteiger partial charge is 0.314 e. The highest BCUT2D eigenvalue weighted by atomic mass is 15.2. The van der Waals surface area contributed by atoms with E-state index >= 15 is 0 Å². The zero-order chi connectivity index (χ0) is 16.9. The van der Waals surface area contributed by atoms with Crippen molar-refractivity contribution < 1.29 is 0 Å². The fourth-order valence-electron chi connectivity index (χ4n) is 4.69. The van der Waals surface area contributed by atoms with Crippen molar-refractivity contribution in [3.63, 3.8) is 0 Å². The Morgan fingerprint density at radius 3 is 2.08 bits per heavy atom. The highest BCUT2D eigenvalue weighted by Crippen LogP contribution is 2.39. The van der Waals surface area contributed by atoms with Crippen molar-refractivity contribution in [3.05, 3.63) is 60.2 Å². The molecular formula is C23H30N2. The fourth-order valence-corrected chi connectivity index (χ4v) is 4.69. The van der Waals surface area contributed by atoms with Gasteiger partial charge in [-0.25, -0.2) is 0 Å². The molecule has 2 aliphatic rings. The zero-order valence-corrected chi connectivity index (χ0v) is 15.2. The van der Waals surface area contributed by atoms with Gasteiger partial charge in [0.05, 0.1) is 0 Å². The van der Waals surface area contributed by atoms with Gasteiger partial charge in [0.1, 0.15) is 0 Å². The number of piperazine rings is 1. The highest BCUT2D eigenvalue weighted by Gasteiger charge is 2.30. The van der Waals surface area contributed by atoms with Gasteiger partial charge in [-0.05, 0) is 35.4 Å². The third-order valence-electron chi connectivity index (χ3n) is 6.00. The lowest BCUT2D eigenvalue weighted by atomic mass is 9.80. The van der Waals surface area contributed by atoms with Crippen molar-refractivity contribution in [2.75, 3.05) is 26.2 Å². The molecule has 0 aromatic heterocycles. The van der Waals surface area contributed by atoms with E-state index in [9.17, 15) is 0 Å². The molecule has 2 heteroatoms. The Labute approximate surface area is 152 Å². The van der Waals surface area contributed by atoms with Crippen LogP contribution in [0, 0.1) is 5.92 Å². The third-order valence-corrected chi connectivity index (χ3v) is 6.00. The molecule has 4 rings (SSSR count). The van der Waals surface area contributed by atoms with Gasteiger partial charge in [-0.15, -0.1) is 0 Å². The summed E-state index contributed by atoms with van der Waals surface area (Å²) in [5, 5.41) is 3.51. The van der Waals surface area contributed by atoms with E-state index in [0.717, 1.165) is 19.0 Å². The summed E-state index contributed by atoms with van der Waals surface area (Å²) in [5.41, 5.74) is 4.16. The summed E-state index contributed by atoms with van der Waals surface area (Å²) in [5.74, 6) is 0.828. The Balaban J connectivity index is 1.59. The van der Waals surface area contributed by atoms with Crippen LogP contribution in [0.2, 0.25) is 0 Å². The molecule has 2 aromatic carbocycles. The molecule has 0 radical (unpaired) electrons. The first kappa shape index (κ1) is 16.8. The van der Waals surface area contributed by atoms with Gasteiger partial charge in [-0.3, -0.25) is 4.90 Å². The van der Waals surface area contributed by atoms with Crippen molar-refractivity contribution in [1.82, 2.24) is 10.2 Å². The second-order valence-corrected chi connectivity index (χ2v) is 7.62. The maximum absolute atomic E-state index is 3.51. The summed E-state index contributed by atoms with van der Waals surface area (Å²) in [6.07, 6.45) is 7.05. The molecule has 1 saturated carbocycles. The van der Waals surface area contributed by atoms with Crippen molar-refractivity contribution in [2.24, 2.45) is 5.92 Å². The van der Waals surface area contributed by atoms with Crippen LogP contribution in [0.3, 0.4) is 0 Å². The average molecular weight is 335 g/mol. The van der Waals surface area contributed by atoms with Crippen LogP contribution in [-0.2, 0) is 0 Å². The van der Waals surface area contributed by atoms with Gasteiger partial charge in [0.25, 0.3) is 0 Å². The van der Waals surface area contributed by atoms with E-state index in [1.54, 1.807) is 0 Å². The Hall–Kier alpha value is -1.64. The minimum Gasteiger partial charge on any atom is -0.314 e. The number of hydrogen-bond acceptors (Lipinski definition) is 2. The molecule has 1 aliphatic heterocycles. The van der Waals surface area contributed by atoms with Crippen LogP contribution >= 0.6 is 0 Å². The molecule has 1 N–H and O–H groups in total. The quantitative estimate of drug-likeness (QED) is 0.857. The van der Waals surface area contributed by atoms with E-state index in [-0.39, 0.29) is 0 Å². The van der Waals surface area contributed by atoms with E-state index in [4.69, 9.17) is 0 Å². The van der Waals surface area contributed by atoms with Crippen LogP contribution in [-0.4, -0.2) is 31.1 Å². The summed E-state index contributed by atoms with van der Waals surface area (Å²) < 4.78 is 0. The highest BCUT2D eigenvalue weighted by molar-refractivity contribution is 5.63. The first-order valence-corrected chi connectivity index (χ1v) is 10.0. The normalized spacial score (nSPS) is 21.1. The Kier molecular flexibility index (Phi) is 5.49. The van der Waals surface area contributed by atoms with Gasteiger partial charge < -0.3 is 5.32 Å². The topological polar surface area (TPSA) is 15.3 Å². The van der Waals surface area contributed by atoms with E-state index < -0.39 is 0 Å². The molecule has 25 heavy (non-hydrogen) atoms. The SMILES string of the molecule is c1ccc(-c2ccc([C@H](C3CCCCC3)N3CCNCC3)cc2)cc1. The van der Waals surface area contributed by atoms with E-state index in [0.29, 0.717) is 6.04 Å². The van der Waals surface area contributed by atoms with Crippen LogP contribution in [0.5, 0.6) is 0 Å². The van der Waals surface area contributed by atoms with Crippen LogP contribution in [0.1, 0.15) is 43.7 Å². The summed E-state index contributed by atoms with van der Waals surface area (Å²) >= 11 is 0.